The molecule has 0 unspecified atom stereocenters. The van der Waals surface area contributed by atoms with Gasteiger partial charge in [0.15, 0.2) is 11.6 Å². The zero-order chi connectivity index (χ0) is 15.2. The summed E-state index contributed by atoms with van der Waals surface area (Å²) in [5, 5.41) is 2.73. The van der Waals surface area contributed by atoms with E-state index >= 15 is 0 Å². The smallest absolute Gasteiger partial charge is 0.251 e. The Kier molecular flexibility index (Phi) is 4.87. The number of hydrogen-bond donors (Lipinski definition) is 1. The lowest BCUT2D eigenvalue weighted by Gasteiger charge is -2.11. The van der Waals surface area contributed by atoms with Crippen molar-refractivity contribution in [2.24, 2.45) is 0 Å². The van der Waals surface area contributed by atoms with Gasteiger partial charge in [-0.3, -0.25) is 9.78 Å². The molecule has 1 amide bonds. The van der Waals surface area contributed by atoms with E-state index in [9.17, 15) is 9.18 Å². The molecule has 0 bridgehead atoms. The number of ether oxygens (including phenoxy) is 1. The molecule has 0 atom stereocenters. The molecule has 110 valence electrons. The van der Waals surface area contributed by atoms with Crippen LogP contribution in [0.2, 0.25) is 0 Å². The summed E-state index contributed by atoms with van der Waals surface area (Å²) in [5.74, 6) is -0.436. The summed E-state index contributed by atoms with van der Waals surface area (Å²) >= 11 is 0. The highest BCUT2D eigenvalue weighted by Gasteiger charge is 2.08. The molecule has 0 saturated heterocycles. The second kappa shape index (κ2) is 6.83. The summed E-state index contributed by atoms with van der Waals surface area (Å²) in [6.45, 7) is 3.92. The van der Waals surface area contributed by atoms with E-state index in [4.69, 9.17) is 4.74 Å². The predicted molar refractivity (Wildman–Crippen MR) is 77.6 cm³/mol. The summed E-state index contributed by atoms with van der Waals surface area (Å²) in [5.41, 5.74) is 1.19. The fourth-order valence-electron chi connectivity index (χ4n) is 1.79. The van der Waals surface area contributed by atoms with Crippen LogP contribution >= 0.6 is 0 Å². The van der Waals surface area contributed by atoms with Crippen molar-refractivity contribution in [2.75, 3.05) is 0 Å². The fourth-order valence-corrected chi connectivity index (χ4v) is 1.79. The maximum atomic E-state index is 13.8. The molecule has 0 radical (unpaired) electrons. The molecule has 1 N–H and O–H groups in total. The van der Waals surface area contributed by atoms with Gasteiger partial charge in [0.1, 0.15) is 0 Å². The lowest BCUT2D eigenvalue weighted by atomic mass is 10.2. The van der Waals surface area contributed by atoms with Gasteiger partial charge in [-0.05, 0) is 43.7 Å². The Morgan fingerprint density at radius 1 is 1.29 bits per heavy atom. The van der Waals surface area contributed by atoms with E-state index in [0.717, 1.165) is 0 Å². The van der Waals surface area contributed by atoms with Gasteiger partial charge in [0.2, 0.25) is 0 Å². The zero-order valence-corrected chi connectivity index (χ0v) is 12.0. The molecule has 1 heterocycles. The van der Waals surface area contributed by atoms with Crippen LogP contribution in [0.3, 0.4) is 0 Å². The van der Waals surface area contributed by atoms with E-state index in [2.05, 4.69) is 10.3 Å². The van der Waals surface area contributed by atoms with Crippen LogP contribution in [0, 0.1) is 5.82 Å². The first-order valence-electron chi connectivity index (χ1n) is 6.69. The fraction of sp³-hybridized carbons (Fsp3) is 0.250. The molecular formula is C16H17FN2O2. The third kappa shape index (κ3) is 4.27. The molecule has 21 heavy (non-hydrogen) atoms. The van der Waals surface area contributed by atoms with Crippen molar-refractivity contribution in [3.05, 3.63) is 59.7 Å². The van der Waals surface area contributed by atoms with E-state index in [-0.39, 0.29) is 24.3 Å². The minimum atomic E-state index is -0.431. The van der Waals surface area contributed by atoms with E-state index in [0.29, 0.717) is 11.1 Å². The lowest BCUT2D eigenvalue weighted by Crippen LogP contribution is -2.22. The average molecular weight is 288 g/mol. The van der Waals surface area contributed by atoms with E-state index in [1.807, 2.05) is 13.8 Å². The standard InChI is InChI=1S/C16H17FN2O2/c1-11(2)21-15-4-3-12(9-14(15)17)10-19-16(20)13-5-7-18-8-6-13/h3-9,11H,10H2,1-2H3,(H,19,20). The summed E-state index contributed by atoms with van der Waals surface area (Å²) in [6, 6.07) is 7.91. The summed E-state index contributed by atoms with van der Waals surface area (Å²) in [6.07, 6.45) is 3.01. The number of carbonyl (C=O) groups excluding carboxylic acids is 1. The molecule has 0 aliphatic carbocycles. The van der Waals surface area contributed by atoms with Gasteiger partial charge in [-0.2, -0.15) is 0 Å². The highest BCUT2D eigenvalue weighted by Crippen LogP contribution is 2.19. The first kappa shape index (κ1) is 15.0. The third-order valence-corrected chi connectivity index (χ3v) is 2.75. The molecule has 4 nitrogen and oxygen atoms in total. The van der Waals surface area contributed by atoms with Gasteiger partial charge in [0, 0.05) is 24.5 Å². The van der Waals surface area contributed by atoms with Crippen LogP contribution in [0.5, 0.6) is 5.75 Å². The number of benzene rings is 1. The van der Waals surface area contributed by atoms with Gasteiger partial charge in [-0.1, -0.05) is 6.07 Å². The molecular weight excluding hydrogens is 271 g/mol. The Bertz CT molecular complexity index is 615. The van der Waals surface area contributed by atoms with E-state index < -0.39 is 5.82 Å². The highest BCUT2D eigenvalue weighted by molar-refractivity contribution is 5.93. The topological polar surface area (TPSA) is 51.2 Å². The van der Waals surface area contributed by atoms with Crippen molar-refractivity contribution in [2.45, 2.75) is 26.5 Å². The molecule has 5 heteroatoms. The maximum absolute atomic E-state index is 13.8. The Labute approximate surface area is 123 Å². The Hall–Kier alpha value is -2.43. The minimum absolute atomic E-state index is 0.0863. The van der Waals surface area contributed by atoms with Crippen molar-refractivity contribution in [3.63, 3.8) is 0 Å². The molecule has 0 saturated carbocycles. The van der Waals surface area contributed by atoms with E-state index in [1.54, 1.807) is 36.7 Å². The molecule has 2 aromatic rings. The normalized spacial score (nSPS) is 10.5. The second-order valence-corrected chi connectivity index (χ2v) is 4.85. The summed E-state index contributed by atoms with van der Waals surface area (Å²) in [7, 11) is 0. The van der Waals surface area contributed by atoms with Crippen LogP contribution in [0.25, 0.3) is 0 Å². The molecule has 0 spiro atoms. The highest BCUT2D eigenvalue weighted by atomic mass is 19.1. The molecule has 0 aliphatic rings. The van der Waals surface area contributed by atoms with Crippen LogP contribution in [0.15, 0.2) is 42.7 Å². The Balaban J connectivity index is 1.98. The summed E-state index contributed by atoms with van der Waals surface area (Å²) in [4.78, 5) is 15.7. The number of aromatic nitrogens is 1. The van der Waals surface area contributed by atoms with Crippen molar-refractivity contribution < 1.29 is 13.9 Å². The van der Waals surface area contributed by atoms with Gasteiger partial charge in [-0.15, -0.1) is 0 Å². The lowest BCUT2D eigenvalue weighted by molar-refractivity contribution is 0.0950. The number of nitrogens with zero attached hydrogens (tertiary/aromatic N) is 1. The van der Waals surface area contributed by atoms with E-state index in [1.165, 1.54) is 6.07 Å². The largest absolute Gasteiger partial charge is 0.488 e. The molecule has 0 aliphatic heterocycles. The second-order valence-electron chi connectivity index (χ2n) is 4.85. The van der Waals surface area contributed by atoms with Crippen molar-refractivity contribution in [1.82, 2.24) is 10.3 Å². The van der Waals surface area contributed by atoms with Gasteiger partial charge in [0.05, 0.1) is 6.10 Å². The van der Waals surface area contributed by atoms with Crippen LogP contribution in [-0.4, -0.2) is 17.0 Å². The molecule has 0 fully saturated rings. The first-order valence-corrected chi connectivity index (χ1v) is 6.69. The SMILES string of the molecule is CC(C)Oc1ccc(CNC(=O)c2ccncc2)cc1F. The van der Waals surface area contributed by atoms with Crippen LogP contribution in [0.4, 0.5) is 4.39 Å². The number of halogens is 1. The molecule has 2 rings (SSSR count). The molecule has 1 aromatic heterocycles. The van der Waals surface area contributed by atoms with Gasteiger partial charge < -0.3 is 10.1 Å². The van der Waals surface area contributed by atoms with Crippen molar-refractivity contribution in [1.29, 1.82) is 0 Å². The van der Waals surface area contributed by atoms with Gasteiger partial charge in [0.25, 0.3) is 5.91 Å². The maximum Gasteiger partial charge on any atom is 0.251 e. The van der Waals surface area contributed by atoms with Crippen LogP contribution < -0.4 is 10.1 Å². The quantitative estimate of drug-likeness (QED) is 0.920. The Morgan fingerprint density at radius 2 is 2.00 bits per heavy atom. The van der Waals surface area contributed by atoms with Crippen LogP contribution in [0.1, 0.15) is 29.8 Å². The minimum Gasteiger partial charge on any atom is -0.488 e. The van der Waals surface area contributed by atoms with Gasteiger partial charge >= 0.3 is 0 Å². The number of nitrogens with one attached hydrogen (secondary N) is 1. The number of carbonyl (C=O) groups is 1. The zero-order valence-electron chi connectivity index (χ0n) is 12.0. The average Bonchev–Trinajstić information content (AvgIpc) is 2.48. The summed E-state index contributed by atoms with van der Waals surface area (Å²) < 4.78 is 19.1. The van der Waals surface area contributed by atoms with Gasteiger partial charge in [-0.25, -0.2) is 4.39 Å². The number of pyridine rings is 1. The third-order valence-electron chi connectivity index (χ3n) is 2.75. The van der Waals surface area contributed by atoms with Crippen LogP contribution in [-0.2, 0) is 6.54 Å². The predicted octanol–water partition coefficient (Wildman–Crippen LogP) is 2.94. The van der Waals surface area contributed by atoms with Crippen molar-refractivity contribution in [3.8, 4) is 5.75 Å². The van der Waals surface area contributed by atoms with Crippen molar-refractivity contribution >= 4 is 5.91 Å². The number of rotatable bonds is 5. The number of hydrogen-bond acceptors (Lipinski definition) is 3. The number of amides is 1. The monoisotopic (exact) mass is 288 g/mol. The Morgan fingerprint density at radius 3 is 2.62 bits per heavy atom. The first-order chi connectivity index (χ1) is 10.1. The molecule has 1 aromatic carbocycles.